The van der Waals surface area contributed by atoms with Gasteiger partial charge in [0.05, 0.1) is 5.69 Å². The second kappa shape index (κ2) is 7.57. The normalized spacial score (nSPS) is 14.9. The maximum atomic E-state index is 13.9. The molecular formula is C20H19FN4O2. The first-order valence-electron chi connectivity index (χ1n) is 8.87. The summed E-state index contributed by atoms with van der Waals surface area (Å²) in [5.74, 6) is 0.294. The summed E-state index contributed by atoms with van der Waals surface area (Å²) in [5.41, 5.74) is 1.16. The number of halogens is 1. The Morgan fingerprint density at radius 3 is 2.63 bits per heavy atom. The maximum absolute atomic E-state index is 13.9. The summed E-state index contributed by atoms with van der Waals surface area (Å²) in [6, 6.07) is 11.6. The maximum Gasteiger partial charge on any atom is 0.271 e. The van der Waals surface area contributed by atoms with E-state index in [2.05, 4.69) is 15.2 Å². The lowest BCUT2D eigenvalue weighted by molar-refractivity contribution is 0.0590. The Morgan fingerprint density at radius 2 is 1.89 bits per heavy atom. The first-order chi connectivity index (χ1) is 13.2. The zero-order chi connectivity index (χ0) is 18.6. The molecule has 3 heterocycles. The van der Waals surface area contributed by atoms with Gasteiger partial charge in [-0.3, -0.25) is 14.9 Å². The van der Waals surface area contributed by atoms with E-state index in [9.17, 15) is 9.18 Å². The molecule has 4 rings (SSSR count). The van der Waals surface area contributed by atoms with Gasteiger partial charge in [-0.2, -0.15) is 5.10 Å². The quantitative estimate of drug-likeness (QED) is 0.769. The van der Waals surface area contributed by atoms with Gasteiger partial charge in [0.2, 0.25) is 0 Å². The Hall–Kier alpha value is -3.22. The number of amides is 1. The molecule has 1 N–H and O–H groups in total. The molecule has 1 aromatic carbocycles. The number of nitrogens with one attached hydrogen (secondary N) is 1. The van der Waals surface area contributed by atoms with Crippen LogP contribution in [-0.2, 0) is 0 Å². The van der Waals surface area contributed by atoms with Crippen LogP contribution in [0.4, 0.5) is 4.39 Å². The van der Waals surface area contributed by atoms with Crippen LogP contribution in [0, 0.1) is 5.82 Å². The zero-order valence-electron chi connectivity index (χ0n) is 14.6. The molecule has 0 atom stereocenters. The summed E-state index contributed by atoms with van der Waals surface area (Å²) >= 11 is 0. The number of H-pyrrole nitrogens is 1. The summed E-state index contributed by atoms with van der Waals surface area (Å²) in [5, 5.41) is 6.82. The van der Waals surface area contributed by atoms with Crippen LogP contribution in [-0.4, -0.2) is 45.2 Å². The van der Waals surface area contributed by atoms with E-state index in [-0.39, 0.29) is 17.8 Å². The van der Waals surface area contributed by atoms with Gasteiger partial charge in [0.1, 0.15) is 23.4 Å². The Morgan fingerprint density at radius 1 is 1.15 bits per heavy atom. The van der Waals surface area contributed by atoms with E-state index in [1.807, 2.05) is 12.1 Å². The number of hydrogen-bond donors (Lipinski definition) is 1. The van der Waals surface area contributed by atoms with Crippen LogP contribution in [0.5, 0.6) is 5.75 Å². The van der Waals surface area contributed by atoms with Crippen molar-refractivity contribution in [3.63, 3.8) is 0 Å². The molecule has 27 heavy (non-hydrogen) atoms. The number of likely N-dealkylation sites (tertiary alicyclic amines) is 1. The largest absolute Gasteiger partial charge is 0.490 e. The number of benzene rings is 1. The van der Waals surface area contributed by atoms with Crippen molar-refractivity contribution in [2.45, 2.75) is 18.9 Å². The van der Waals surface area contributed by atoms with Crippen molar-refractivity contribution in [1.82, 2.24) is 20.1 Å². The van der Waals surface area contributed by atoms with Gasteiger partial charge in [-0.05, 0) is 30.3 Å². The number of piperidine rings is 1. The second-order valence-electron chi connectivity index (χ2n) is 6.44. The van der Waals surface area contributed by atoms with Crippen LogP contribution >= 0.6 is 0 Å². The summed E-state index contributed by atoms with van der Waals surface area (Å²) in [6.07, 6.45) is 4.97. The predicted octanol–water partition coefficient (Wildman–Crippen LogP) is 3.29. The van der Waals surface area contributed by atoms with E-state index in [0.717, 1.165) is 18.6 Å². The Bertz CT molecular complexity index is 920. The molecule has 1 aliphatic rings. The van der Waals surface area contributed by atoms with E-state index in [4.69, 9.17) is 4.74 Å². The standard InChI is InChI=1S/C20H19FN4O2/c21-17-4-2-1-3-16(17)18-13-19(24-23-18)20(26)25-11-7-15(8-12-25)27-14-5-9-22-10-6-14/h1-6,9-10,13,15H,7-8,11-12H2,(H,23,24). The van der Waals surface area contributed by atoms with Gasteiger partial charge < -0.3 is 9.64 Å². The first-order valence-corrected chi connectivity index (χ1v) is 8.87. The average Bonchev–Trinajstić information content (AvgIpc) is 3.19. The van der Waals surface area contributed by atoms with Crippen LogP contribution in [0.2, 0.25) is 0 Å². The highest BCUT2D eigenvalue weighted by molar-refractivity contribution is 5.93. The molecule has 7 heteroatoms. The fraction of sp³-hybridized carbons (Fsp3) is 0.250. The van der Waals surface area contributed by atoms with Gasteiger partial charge in [-0.1, -0.05) is 12.1 Å². The lowest BCUT2D eigenvalue weighted by atomic mass is 10.1. The first kappa shape index (κ1) is 17.2. The predicted molar refractivity (Wildman–Crippen MR) is 97.8 cm³/mol. The minimum absolute atomic E-state index is 0.0761. The van der Waals surface area contributed by atoms with Crippen LogP contribution in [0.3, 0.4) is 0 Å². The van der Waals surface area contributed by atoms with Gasteiger partial charge in [0, 0.05) is 43.9 Å². The molecule has 0 saturated carbocycles. The number of nitrogens with zero attached hydrogens (tertiary/aromatic N) is 3. The number of aromatic nitrogens is 3. The van der Waals surface area contributed by atoms with Crippen molar-refractivity contribution in [3.8, 4) is 17.0 Å². The third-order valence-corrected chi connectivity index (χ3v) is 4.64. The van der Waals surface area contributed by atoms with Gasteiger partial charge in [0.15, 0.2) is 0 Å². The molecule has 0 spiro atoms. The Kier molecular flexibility index (Phi) is 4.82. The number of rotatable bonds is 4. The third kappa shape index (κ3) is 3.81. The Labute approximate surface area is 156 Å². The Balaban J connectivity index is 1.38. The molecule has 1 aliphatic heterocycles. The molecule has 1 saturated heterocycles. The van der Waals surface area contributed by atoms with Gasteiger partial charge in [0.25, 0.3) is 5.91 Å². The number of aromatic amines is 1. The molecule has 0 bridgehead atoms. The van der Waals surface area contributed by atoms with Crippen molar-refractivity contribution < 1.29 is 13.9 Å². The second-order valence-corrected chi connectivity index (χ2v) is 6.44. The minimum Gasteiger partial charge on any atom is -0.490 e. The molecule has 0 aliphatic carbocycles. The number of hydrogen-bond acceptors (Lipinski definition) is 4. The van der Waals surface area contributed by atoms with Gasteiger partial charge in [-0.15, -0.1) is 0 Å². The van der Waals surface area contributed by atoms with Crippen molar-refractivity contribution in [1.29, 1.82) is 0 Å². The summed E-state index contributed by atoms with van der Waals surface area (Å²) < 4.78 is 19.8. The molecule has 1 amide bonds. The average molecular weight is 366 g/mol. The highest BCUT2D eigenvalue weighted by Crippen LogP contribution is 2.23. The van der Waals surface area contributed by atoms with Crippen molar-refractivity contribution in [2.75, 3.05) is 13.1 Å². The number of carbonyl (C=O) groups excluding carboxylic acids is 1. The lowest BCUT2D eigenvalue weighted by Crippen LogP contribution is -2.41. The monoisotopic (exact) mass is 366 g/mol. The minimum atomic E-state index is -0.364. The summed E-state index contributed by atoms with van der Waals surface area (Å²) in [7, 11) is 0. The van der Waals surface area contributed by atoms with Crippen LogP contribution in [0.1, 0.15) is 23.3 Å². The molecule has 1 fully saturated rings. The van der Waals surface area contributed by atoms with Crippen molar-refractivity contribution in [2.24, 2.45) is 0 Å². The lowest BCUT2D eigenvalue weighted by Gasteiger charge is -2.31. The van der Waals surface area contributed by atoms with Crippen LogP contribution < -0.4 is 4.74 Å². The van der Waals surface area contributed by atoms with E-state index in [0.29, 0.717) is 30.0 Å². The third-order valence-electron chi connectivity index (χ3n) is 4.64. The van der Waals surface area contributed by atoms with Crippen molar-refractivity contribution >= 4 is 5.91 Å². The number of pyridine rings is 1. The SMILES string of the molecule is O=C(c1cc(-c2ccccc2F)n[nH]1)N1CCC(Oc2ccncc2)CC1. The zero-order valence-corrected chi connectivity index (χ0v) is 14.6. The summed E-state index contributed by atoms with van der Waals surface area (Å²) in [4.78, 5) is 18.4. The molecule has 138 valence electrons. The van der Waals surface area contributed by atoms with E-state index < -0.39 is 0 Å². The highest BCUT2D eigenvalue weighted by Gasteiger charge is 2.26. The molecule has 2 aromatic heterocycles. The van der Waals surface area contributed by atoms with Gasteiger partial charge >= 0.3 is 0 Å². The summed E-state index contributed by atoms with van der Waals surface area (Å²) in [6.45, 7) is 1.20. The molecular weight excluding hydrogens is 347 g/mol. The molecule has 0 radical (unpaired) electrons. The number of carbonyl (C=O) groups is 1. The van der Waals surface area contributed by atoms with Crippen LogP contribution in [0.15, 0.2) is 54.9 Å². The topological polar surface area (TPSA) is 71.1 Å². The molecule has 6 nitrogen and oxygen atoms in total. The van der Waals surface area contributed by atoms with Crippen LogP contribution in [0.25, 0.3) is 11.3 Å². The van der Waals surface area contributed by atoms with Gasteiger partial charge in [-0.25, -0.2) is 4.39 Å². The fourth-order valence-corrected chi connectivity index (χ4v) is 3.19. The molecule has 0 unspecified atom stereocenters. The fourth-order valence-electron chi connectivity index (χ4n) is 3.19. The van der Waals surface area contributed by atoms with E-state index >= 15 is 0 Å². The van der Waals surface area contributed by atoms with E-state index in [1.54, 1.807) is 41.6 Å². The van der Waals surface area contributed by atoms with E-state index in [1.165, 1.54) is 6.07 Å². The number of ether oxygens (including phenoxy) is 1. The highest BCUT2D eigenvalue weighted by atomic mass is 19.1. The smallest absolute Gasteiger partial charge is 0.271 e. The van der Waals surface area contributed by atoms with Crippen molar-refractivity contribution in [3.05, 3.63) is 66.4 Å². The molecule has 3 aromatic rings.